The van der Waals surface area contributed by atoms with Crippen LogP contribution in [0.1, 0.15) is 69.2 Å². The third-order valence-electron chi connectivity index (χ3n) is 7.46. The molecule has 0 spiro atoms. The summed E-state index contributed by atoms with van der Waals surface area (Å²) in [6, 6.07) is 12.3. The van der Waals surface area contributed by atoms with E-state index in [1.54, 1.807) is 55.6 Å². The van der Waals surface area contributed by atoms with Gasteiger partial charge in [0.2, 0.25) is 23.6 Å². The number of rotatable bonds is 3. The van der Waals surface area contributed by atoms with Crippen molar-refractivity contribution in [2.24, 2.45) is 5.92 Å². The predicted molar refractivity (Wildman–Crippen MR) is 158 cm³/mol. The van der Waals surface area contributed by atoms with Crippen molar-refractivity contribution in [1.29, 1.82) is 0 Å². The first-order valence-electron chi connectivity index (χ1n) is 13.7. The normalized spacial score (nSPS) is 25.9. The molecule has 4 atom stereocenters. The zero-order valence-electron chi connectivity index (χ0n) is 23.6. The van der Waals surface area contributed by atoms with Gasteiger partial charge in [-0.05, 0) is 68.0 Å². The standard InChI is InChI=1S/C30H38Cl2N4O5/c1-19-5-4-15-30(2,41-3)16-14-24(37)33-17-25(38)35-27(20-6-10-22(31)11-7-20)28(21-8-12-23(32)13-9-21)36-26(39)18-34-29(19)40/h6-13,19,27-28H,4-5,14-18H2,1-3H3,(H,33,37)(H,34,40)(H,35,38)(H,36,39)/t19-,27?,28?,30?/m1/s1. The minimum absolute atomic E-state index is 0.178. The molecule has 0 saturated carbocycles. The van der Waals surface area contributed by atoms with Crippen LogP contribution in [0.2, 0.25) is 10.0 Å². The van der Waals surface area contributed by atoms with Crippen LogP contribution in [0.5, 0.6) is 0 Å². The molecule has 1 aliphatic heterocycles. The number of hydrogen-bond acceptors (Lipinski definition) is 5. The lowest BCUT2D eigenvalue weighted by Crippen LogP contribution is -2.46. The zero-order valence-corrected chi connectivity index (χ0v) is 25.1. The molecular weight excluding hydrogens is 567 g/mol. The van der Waals surface area contributed by atoms with Gasteiger partial charge in [0.1, 0.15) is 0 Å². The average Bonchev–Trinajstić information content (AvgIpc) is 2.96. The minimum atomic E-state index is -0.740. The van der Waals surface area contributed by atoms with Crippen LogP contribution < -0.4 is 21.3 Å². The van der Waals surface area contributed by atoms with Crippen molar-refractivity contribution in [2.75, 3.05) is 20.2 Å². The number of carbonyl (C=O) groups excluding carboxylic acids is 4. The summed E-state index contributed by atoms with van der Waals surface area (Å²) in [4.78, 5) is 51.7. The molecule has 3 rings (SSSR count). The van der Waals surface area contributed by atoms with Crippen molar-refractivity contribution in [3.05, 3.63) is 69.7 Å². The van der Waals surface area contributed by atoms with Crippen LogP contribution in [0.15, 0.2) is 48.5 Å². The highest BCUT2D eigenvalue weighted by Crippen LogP contribution is 2.31. The molecule has 2 aromatic rings. The van der Waals surface area contributed by atoms with E-state index < -0.39 is 29.5 Å². The second kappa shape index (κ2) is 15.2. The Morgan fingerprint density at radius 1 is 0.756 bits per heavy atom. The number of carbonyl (C=O) groups is 4. The predicted octanol–water partition coefficient (Wildman–Crippen LogP) is 4.25. The monoisotopic (exact) mass is 604 g/mol. The topological polar surface area (TPSA) is 126 Å². The van der Waals surface area contributed by atoms with Gasteiger partial charge in [0.15, 0.2) is 0 Å². The average molecular weight is 606 g/mol. The molecule has 1 saturated heterocycles. The number of hydrogen-bond donors (Lipinski definition) is 4. The van der Waals surface area contributed by atoms with E-state index in [0.717, 1.165) is 0 Å². The summed E-state index contributed by atoms with van der Waals surface area (Å²) in [6.45, 7) is 3.26. The van der Waals surface area contributed by atoms with Crippen LogP contribution in [0.25, 0.3) is 0 Å². The lowest BCUT2D eigenvalue weighted by atomic mass is 9.91. The van der Waals surface area contributed by atoms with Crippen molar-refractivity contribution >= 4 is 46.8 Å². The van der Waals surface area contributed by atoms with E-state index in [1.165, 1.54) is 0 Å². The molecule has 0 radical (unpaired) electrons. The van der Waals surface area contributed by atoms with E-state index in [9.17, 15) is 19.2 Å². The summed E-state index contributed by atoms with van der Waals surface area (Å²) in [5.41, 5.74) is 0.801. The summed E-state index contributed by atoms with van der Waals surface area (Å²) < 4.78 is 5.68. The van der Waals surface area contributed by atoms with Crippen molar-refractivity contribution < 1.29 is 23.9 Å². The SMILES string of the molecule is COC1(C)CCC[C@@H](C)C(=O)NCC(=O)NC(c2ccc(Cl)cc2)C(c2ccc(Cl)cc2)NC(=O)CNC(=O)CC1. The number of benzene rings is 2. The molecule has 0 aliphatic carbocycles. The number of amides is 4. The van der Waals surface area contributed by atoms with Gasteiger partial charge in [0, 0.05) is 29.5 Å². The molecule has 9 nitrogen and oxygen atoms in total. The summed E-state index contributed by atoms with van der Waals surface area (Å²) in [7, 11) is 1.60. The summed E-state index contributed by atoms with van der Waals surface area (Å²) >= 11 is 12.2. The van der Waals surface area contributed by atoms with Crippen molar-refractivity contribution in [3.63, 3.8) is 0 Å². The maximum absolute atomic E-state index is 13.1. The number of nitrogens with one attached hydrogen (secondary N) is 4. The van der Waals surface area contributed by atoms with E-state index >= 15 is 0 Å². The van der Waals surface area contributed by atoms with Gasteiger partial charge >= 0.3 is 0 Å². The van der Waals surface area contributed by atoms with Crippen molar-refractivity contribution in [2.45, 2.75) is 63.6 Å². The molecule has 0 bridgehead atoms. The second-order valence-corrected chi connectivity index (χ2v) is 11.5. The second-order valence-electron chi connectivity index (χ2n) is 10.6. The van der Waals surface area contributed by atoms with Gasteiger partial charge in [-0.2, -0.15) is 0 Å². The van der Waals surface area contributed by atoms with E-state index in [0.29, 0.717) is 46.9 Å². The Balaban J connectivity index is 1.94. The quantitative estimate of drug-likeness (QED) is 0.417. The Bertz CT molecular complexity index is 1210. The first-order valence-corrected chi connectivity index (χ1v) is 14.4. The smallest absolute Gasteiger partial charge is 0.239 e. The Morgan fingerprint density at radius 3 is 1.73 bits per heavy atom. The van der Waals surface area contributed by atoms with Crippen LogP contribution in [-0.2, 0) is 23.9 Å². The summed E-state index contributed by atoms with van der Waals surface area (Å²) in [5.74, 6) is -1.71. The molecule has 2 aromatic carbocycles. The molecule has 41 heavy (non-hydrogen) atoms. The molecule has 11 heteroatoms. The molecular formula is C30H38Cl2N4O5. The van der Waals surface area contributed by atoms with E-state index in [2.05, 4.69) is 21.3 Å². The fourth-order valence-electron chi connectivity index (χ4n) is 4.74. The van der Waals surface area contributed by atoms with Gasteiger partial charge in [-0.15, -0.1) is 0 Å². The van der Waals surface area contributed by atoms with Crippen LogP contribution >= 0.6 is 23.2 Å². The molecule has 3 unspecified atom stereocenters. The molecule has 222 valence electrons. The van der Waals surface area contributed by atoms with Gasteiger partial charge < -0.3 is 26.0 Å². The summed E-state index contributed by atoms with van der Waals surface area (Å²) in [6.07, 6.45) is 2.60. The summed E-state index contributed by atoms with van der Waals surface area (Å²) in [5, 5.41) is 12.4. The fourth-order valence-corrected chi connectivity index (χ4v) is 4.99. The van der Waals surface area contributed by atoms with Crippen molar-refractivity contribution in [3.8, 4) is 0 Å². The van der Waals surface area contributed by atoms with Gasteiger partial charge in [-0.25, -0.2) is 0 Å². The first kappa shape index (κ1) is 32.4. The Labute approximate surface area is 251 Å². The van der Waals surface area contributed by atoms with Crippen LogP contribution in [0, 0.1) is 5.92 Å². The highest BCUT2D eigenvalue weighted by molar-refractivity contribution is 6.30. The van der Waals surface area contributed by atoms with Gasteiger partial charge in [0.25, 0.3) is 0 Å². The lowest BCUT2D eigenvalue weighted by Gasteiger charge is -2.30. The van der Waals surface area contributed by atoms with E-state index in [1.807, 2.05) is 13.8 Å². The molecule has 1 heterocycles. The van der Waals surface area contributed by atoms with E-state index in [-0.39, 0.29) is 37.2 Å². The third kappa shape index (κ3) is 10.0. The number of methoxy groups -OCH3 is 1. The lowest BCUT2D eigenvalue weighted by molar-refractivity contribution is -0.129. The third-order valence-corrected chi connectivity index (χ3v) is 7.96. The molecule has 1 fully saturated rings. The van der Waals surface area contributed by atoms with Crippen molar-refractivity contribution in [1.82, 2.24) is 21.3 Å². The number of ether oxygens (including phenoxy) is 1. The minimum Gasteiger partial charge on any atom is -0.379 e. The maximum Gasteiger partial charge on any atom is 0.239 e. The van der Waals surface area contributed by atoms with Crippen LogP contribution in [-0.4, -0.2) is 49.4 Å². The Hall–Kier alpha value is -3.14. The van der Waals surface area contributed by atoms with Gasteiger partial charge in [0.05, 0.1) is 30.8 Å². The maximum atomic E-state index is 13.1. The fraction of sp³-hybridized carbons (Fsp3) is 0.467. The molecule has 0 aromatic heterocycles. The molecule has 1 aliphatic rings. The molecule has 4 amide bonds. The van der Waals surface area contributed by atoms with Crippen LogP contribution in [0.4, 0.5) is 0 Å². The largest absolute Gasteiger partial charge is 0.379 e. The van der Waals surface area contributed by atoms with Gasteiger partial charge in [-0.3, -0.25) is 19.2 Å². The van der Waals surface area contributed by atoms with Gasteiger partial charge in [-0.1, -0.05) is 54.4 Å². The Morgan fingerprint density at radius 2 is 1.24 bits per heavy atom. The van der Waals surface area contributed by atoms with Crippen LogP contribution in [0.3, 0.4) is 0 Å². The Kier molecular flexibility index (Phi) is 12.0. The highest BCUT2D eigenvalue weighted by Gasteiger charge is 2.30. The zero-order chi connectivity index (χ0) is 30.0. The molecule has 4 N–H and O–H groups in total. The van der Waals surface area contributed by atoms with E-state index in [4.69, 9.17) is 27.9 Å². The highest BCUT2D eigenvalue weighted by atomic mass is 35.5. The first-order chi connectivity index (χ1) is 19.5. The number of halogens is 2.